The molecule has 3 heteroatoms. The number of hydrogen-bond donors (Lipinski definition) is 0. The molecule has 30 heavy (non-hydrogen) atoms. The van der Waals surface area contributed by atoms with Crippen LogP contribution in [0.4, 0.5) is 0 Å². The smallest absolute Gasteiger partial charge is 0.246 e. The summed E-state index contributed by atoms with van der Waals surface area (Å²) in [6.45, 7) is 7.46. The maximum Gasteiger partial charge on any atom is 0.246 e. The molecule has 1 aromatic heterocycles. The minimum Gasteiger partial charge on any atom is -0.338 e. The van der Waals surface area contributed by atoms with Crippen molar-refractivity contribution < 1.29 is 4.79 Å². The summed E-state index contributed by atoms with van der Waals surface area (Å²) in [5, 5.41) is 2.24. The Morgan fingerprint density at radius 3 is 2.80 bits per heavy atom. The van der Waals surface area contributed by atoms with Gasteiger partial charge in [-0.2, -0.15) is 0 Å². The van der Waals surface area contributed by atoms with Crippen LogP contribution in [-0.4, -0.2) is 23.9 Å². The largest absolute Gasteiger partial charge is 0.338 e. The Hall–Kier alpha value is -1.09. The van der Waals surface area contributed by atoms with Crippen LogP contribution in [0, 0.1) is 34.5 Å². The maximum atomic E-state index is 12.6. The van der Waals surface area contributed by atoms with Crippen molar-refractivity contribution in [3.8, 4) is 0 Å². The monoisotopic (exact) mass is 425 g/mol. The Labute approximate surface area is 187 Å². The quantitative estimate of drug-likeness (QED) is 0.514. The van der Waals surface area contributed by atoms with E-state index in [1.54, 1.807) is 4.88 Å². The van der Waals surface area contributed by atoms with Crippen LogP contribution < -0.4 is 0 Å². The van der Waals surface area contributed by atoms with E-state index in [9.17, 15) is 4.79 Å². The highest BCUT2D eigenvalue weighted by Crippen LogP contribution is 2.66. The van der Waals surface area contributed by atoms with Crippen LogP contribution in [0.15, 0.2) is 29.7 Å². The molecular formula is C27H39NOS. The third-order valence-corrected chi connectivity index (χ3v) is 11.2. The molecule has 3 aliphatic carbocycles. The second-order valence-electron chi connectivity index (χ2n) is 11.4. The fourth-order valence-electron chi connectivity index (χ4n) is 8.47. The van der Waals surface area contributed by atoms with E-state index in [-0.39, 0.29) is 11.3 Å². The number of carbonyl (C=O) groups is 1. The molecule has 3 saturated carbocycles. The summed E-state index contributed by atoms with van der Waals surface area (Å²) in [5.41, 5.74) is 0.714. The van der Waals surface area contributed by atoms with Crippen molar-refractivity contribution in [2.75, 3.05) is 7.05 Å². The molecule has 2 nitrogen and oxygen atoms in total. The highest BCUT2D eigenvalue weighted by atomic mass is 32.1. The van der Waals surface area contributed by atoms with Crippen molar-refractivity contribution in [3.05, 3.63) is 34.5 Å². The average Bonchev–Trinajstić information content (AvgIpc) is 3.39. The van der Waals surface area contributed by atoms with Gasteiger partial charge in [0.2, 0.25) is 5.91 Å². The summed E-state index contributed by atoms with van der Waals surface area (Å²) in [4.78, 5) is 16.3. The molecule has 3 unspecified atom stereocenters. The zero-order valence-electron chi connectivity index (χ0n) is 19.3. The highest BCUT2D eigenvalue weighted by molar-refractivity contribution is 7.10. The van der Waals surface area contributed by atoms with E-state index < -0.39 is 0 Å². The second kappa shape index (κ2) is 7.50. The van der Waals surface area contributed by atoms with Crippen LogP contribution in [0.3, 0.4) is 0 Å². The average molecular weight is 426 g/mol. The Kier molecular flexibility index (Phi) is 5.20. The van der Waals surface area contributed by atoms with Crippen LogP contribution in [0.25, 0.3) is 0 Å². The number of rotatable bonds is 4. The third kappa shape index (κ3) is 3.05. The van der Waals surface area contributed by atoms with Gasteiger partial charge in [-0.3, -0.25) is 4.79 Å². The van der Waals surface area contributed by atoms with Gasteiger partial charge in [0.05, 0.1) is 0 Å². The van der Waals surface area contributed by atoms with Gasteiger partial charge >= 0.3 is 0 Å². The van der Waals surface area contributed by atoms with Gasteiger partial charge in [0.25, 0.3) is 0 Å². The minimum atomic E-state index is 0.151. The number of fused-ring (bicyclic) bond motifs is 5. The Balaban J connectivity index is 1.53. The first-order valence-electron chi connectivity index (χ1n) is 12.4. The lowest BCUT2D eigenvalue weighted by Crippen LogP contribution is -2.61. The Morgan fingerprint density at radius 2 is 2.07 bits per heavy atom. The van der Waals surface area contributed by atoms with E-state index in [1.807, 2.05) is 17.4 Å². The normalized spacial score (nSPS) is 43.8. The zero-order valence-corrected chi connectivity index (χ0v) is 20.1. The molecule has 0 bridgehead atoms. The number of carbonyl (C=O) groups excluding carboxylic acids is 1. The van der Waals surface area contributed by atoms with Gasteiger partial charge in [-0.05, 0) is 97.5 Å². The van der Waals surface area contributed by atoms with Crippen LogP contribution in [-0.2, 0) is 4.79 Å². The second-order valence-corrected chi connectivity index (χ2v) is 12.4. The summed E-state index contributed by atoms with van der Waals surface area (Å²) in [5.74, 6) is 4.06. The lowest BCUT2D eigenvalue weighted by Gasteiger charge is -2.62. The third-order valence-electron chi connectivity index (χ3n) is 10.1. The first-order valence-corrected chi connectivity index (χ1v) is 13.2. The number of amides is 1. The predicted octanol–water partition coefficient (Wildman–Crippen LogP) is 6.89. The highest BCUT2D eigenvalue weighted by Gasteiger charge is 2.60. The fourth-order valence-corrected chi connectivity index (χ4v) is 9.40. The Morgan fingerprint density at radius 1 is 1.23 bits per heavy atom. The molecule has 1 amide bonds. The van der Waals surface area contributed by atoms with Gasteiger partial charge in [0.15, 0.2) is 0 Å². The molecule has 0 saturated heterocycles. The maximum absolute atomic E-state index is 12.6. The molecule has 1 aromatic rings. The Bertz CT molecular complexity index is 815. The summed E-state index contributed by atoms with van der Waals surface area (Å²) in [6, 6.07) is 4.94. The predicted molar refractivity (Wildman–Crippen MR) is 126 cm³/mol. The van der Waals surface area contributed by atoms with Crippen LogP contribution in [0.5, 0.6) is 0 Å². The van der Waals surface area contributed by atoms with Crippen molar-refractivity contribution in [1.29, 1.82) is 0 Å². The standard InChI is InChI=1S/C27H39NOS/c1-5-18(22-9-7-15-30-22)16-19-17-23-27(3,14-11-24(29)28(23)4)21-10-13-26(2)12-6-8-20(26)25(19)21/h7,9,11,14-15,18-21,23,25H,5-6,8,10,12-13,16-17H2,1-4H3/t18?,19?,20-,21+,23?,25-,26-,27+/m0/s1. The van der Waals surface area contributed by atoms with E-state index in [2.05, 4.69) is 56.3 Å². The van der Waals surface area contributed by atoms with Crippen LogP contribution in [0.2, 0.25) is 0 Å². The van der Waals surface area contributed by atoms with Gasteiger partial charge < -0.3 is 4.90 Å². The van der Waals surface area contributed by atoms with E-state index in [0.717, 1.165) is 23.7 Å². The summed E-state index contributed by atoms with van der Waals surface area (Å²) >= 11 is 1.94. The van der Waals surface area contributed by atoms with E-state index in [4.69, 9.17) is 0 Å². The van der Waals surface area contributed by atoms with Crippen molar-refractivity contribution in [2.45, 2.75) is 84.1 Å². The van der Waals surface area contributed by atoms with Gasteiger partial charge in [-0.15, -0.1) is 11.3 Å². The van der Waals surface area contributed by atoms with Crippen LogP contribution >= 0.6 is 11.3 Å². The molecule has 0 spiro atoms. The van der Waals surface area contributed by atoms with Crippen molar-refractivity contribution in [2.24, 2.45) is 34.5 Å². The molecule has 8 atom stereocenters. The molecule has 1 aliphatic heterocycles. The molecule has 2 heterocycles. The first kappa shape index (κ1) is 20.8. The van der Waals surface area contributed by atoms with E-state index >= 15 is 0 Å². The number of hydrogen-bond acceptors (Lipinski definition) is 2. The topological polar surface area (TPSA) is 20.3 Å². The lowest BCUT2D eigenvalue weighted by molar-refractivity contribution is -0.144. The molecular weight excluding hydrogens is 386 g/mol. The van der Waals surface area contributed by atoms with Crippen molar-refractivity contribution in [3.63, 3.8) is 0 Å². The summed E-state index contributed by atoms with van der Waals surface area (Å²) < 4.78 is 0. The summed E-state index contributed by atoms with van der Waals surface area (Å²) in [7, 11) is 2.06. The van der Waals surface area contributed by atoms with Gasteiger partial charge in [-0.25, -0.2) is 0 Å². The molecule has 5 rings (SSSR count). The van der Waals surface area contributed by atoms with E-state index in [1.165, 1.54) is 51.4 Å². The minimum absolute atomic E-state index is 0.151. The molecule has 4 aliphatic rings. The first-order chi connectivity index (χ1) is 14.4. The molecule has 0 N–H and O–H groups in total. The molecule has 0 radical (unpaired) electrons. The van der Waals surface area contributed by atoms with Crippen molar-refractivity contribution >= 4 is 17.2 Å². The van der Waals surface area contributed by atoms with Crippen LogP contribution in [0.1, 0.15) is 82.9 Å². The van der Waals surface area contributed by atoms with Crippen molar-refractivity contribution in [1.82, 2.24) is 4.90 Å². The summed E-state index contributed by atoms with van der Waals surface area (Å²) in [6.07, 6.45) is 15.0. The zero-order chi connectivity index (χ0) is 21.1. The number of likely N-dealkylation sites (N-methyl/N-ethyl adjacent to an activating group) is 1. The van der Waals surface area contributed by atoms with E-state index in [0.29, 0.717) is 17.4 Å². The number of nitrogens with zero attached hydrogens (tertiary/aromatic N) is 1. The molecule has 3 fully saturated rings. The lowest BCUT2D eigenvalue weighted by atomic mass is 9.45. The number of thiophene rings is 1. The van der Waals surface area contributed by atoms with Gasteiger partial charge in [0.1, 0.15) is 0 Å². The van der Waals surface area contributed by atoms with Gasteiger partial charge in [0, 0.05) is 23.4 Å². The SMILES string of the molecule is CCC(CC1CC2N(C)C(=O)C=C[C@]2(C)[C@@H]2CC[C@]3(C)CCC[C@H]3[C@H]12)c1cccs1. The molecule has 164 valence electrons. The van der Waals surface area contributed by atoms with Gasteiger partial charge in [-0.1, -0.05) is 39.3 Å². The fraction of sp³-hybridized carbons (Fsp3) is 0.741. The molecule has 0 aromatic carbocycles.